The summed E-state index contributed by atoms with van der Waals surface area (Å²) in [5.41, 5.74) is 2.55. The molecule has 0 N–H and O–H groups in total. The molecule has 0 spiro atoms. The summed E-state index contributed by atoms with van der Waals surface area (Å²) in [7, 11) is 1.84. The average Bonchev–Trinajstić information content (AvgIpc) is 3.16. The van der Waals surface area contributed by atoms with E-state index in [0.29, 0.717) is 13.2 Å². The van der Waals surface area contributed by atoms with Crippen LogP contribution in [0.3, 0.4) is 0 Å². The molecular formula is C21H25N5O2. The lowest BCUT2D eigenvalue weighted by Crippen LogP contribution is -2.38. The van der Waals surface area contributed by atoms with Gasteiger partial charge in [-0.25, -0.2) is 4.68 Å². The molecule has 1 atom stereocenters. The number of nitrogens with zero attached hydrogens (tertiary/aromatic N) is 5. The monoisotopic (exact) mass is 379 g/mol. The SMILES string of the molecule is Cn1nnnc1C1CN(Cc2ccc(OCCc3ccccc3)cc2)CCO1. The molecule has 0 bridgehead atoms. The molecule has 4 rings (SSSR count). The topological polar surface area (TPSA) is 65.3 Å². The molecule has 0 amide bonds. The summed E-state index contributed by atoms with van der Waals surface area (Å²) in [6, 6.07) is 18.7. The first-order chi connectivity index (χ1) is 13.8. The summed E-state index contributed by atoms with van der Waals surface area (Å²) in [5.74, 6) is 1.68. The lowest BCUT2D eigenvalue weighted by atomic mass is 10.1. The lowest BCUT2D eigenvalue weighted by Gasteiger charge is -2.32. The molecule has 0 aliphatic carbocycles. The van der Waals surface area contributed by atoms with E-state index in [1.54, 1.807) is 4.68 Å². The van der Waals surface area contributed by atoms with Gasteiger partial charge in [-0.2, -0.15) is 0 Å². The minimum absolute atomic E-state index is 0.0886. The van der Waals surface area contributed by atoms with E-state index >= 15 is 0 Å². The third kappa shape index (κ3) is 4.74. The maximum atomic E-state index is 5.88. The van der Waals surface area contributed by atoms with Crippen molar-refractivity contribution in [1.82, 2.24) is 25.1 Å². The number of tetrazole rings is 1. The zero-order chi connectivity index (χ0) is 19.2. The summed E-state index contributed by atoms with van der Waals surface area (Å²) in [6.45, 7) is 3.91. The zero-order valence-corrected chi connectivity index (χ0v) is 16.1. The smallest absolute Gasteiger partial charge is 0.181 e. The number of ether oxygens (including phenoxy) is 2. The van der Waals surface area contributed by atoms with Gasteiger partial charge in [-0.1, -0.05) is 42.5 Å². The fourth-order valence-electron chi connectivity index (χ4n) is 3.39. The summed E-state index contributed by atoms with van der Waals surface area (Å²) in [5, 5.41) is 11.7. The van der Waals surface area contributed by atoms with Crippen molar-refractivity contribution in [3.8, 4) is 5.75 Å². The number of benzene rings is 2. The molecular weight excluding hydrogens is 354 g/mol. The molecule has 1 unspecified atom stereocenters. The number of rotatable bonds is 7. The highest BCUT2D eigenvalue weighted by Gasteiger charge is 2.25. The largest absolute Gasteiger partial charge is 0.493 e. The average molecular weight is 379 g/mol. The summed E-state index contributed by atoms with van der Waals surface area (Å²) >= 11 is 0. The van der Waals surface area contributed by atoms with Crippen molar-refractivity contribution in [1.29, 1.82) is 0 Å². The molecule has 3 aromatic rings. The molecule has 1 saturated heterocycles. The highest BCUT2D eigenvalue weighted by atomic mass is 16.5. The van der Waals surface area contributed by atoms with Crippen LogP contribution in [0.25, 0.3) is 0 Å². The molecule has 2 aromatic carbocycles. The van der Waals surface area contributed by atoms with Crippen LogP contribution in [0.15, 0.2) is 54.6 Å². The summed E-state index contributed by atoms with van der Waals surface area (Å²) in [4.78, 5) is 2.37. The van der Waals surface area contributed by atoms with E-state index in [4.69, 9.17) is 9.47 Å². The molecule has 1 aromatic heterocycles. The van der Waals surface area contributed by atoms with Crippen LogP contribution in [0.2, 0.25) is 0 Å². The highest BCUT2D eigenvalue weighted by molar-refractivity contribution is 5.27. The molecule has 146 valence electrons. The quantitative estimate of drug-likeness (QED) is 0.628. The van der Waals surface area contributed by atoms with Gasteiger partial charge in [0.1, 0.15) is 11.9 Å². The number of hydrogen-bond acceptors (Lipinski definition) is 6. The molecule has 1 fully saturated rings. The third-order valence-electron chi connectivity index (χ3n) is 4.92. The number of morpholine rings is 1. The van der Waals surface area contributed by atoms with Crippen LogP contribution in [-0.2, 0) is 24.8 Å². The maximum Gasteiger partial charge on any atom is 0.181 e. The Morgan fingerprint density at radius 1 is 1.07 bits per heavy atom. The Bertz CT molecular complexity index is 866. The van der Waals surface area contributed by atoms with E-state index in [9.17, 15) is 0 Å². The van der Waals surface area contributed by atoms with Crippen molar-refractivity contribution < 1.29 is 9.47 Å². The Balaban J connectivity index is 1.27. The first-order valence-electron chi connectivity index (χ1n) is 9.60. The summed E-state index contributed by atoms with van der Waals surface area (Å²) in [6.07, 6.45) is 0.823. The Morgan fingerprint density at radius 2 is 1.89 bits per heavy atom. The molecule has 7 heteroatoms. The van der Waals surface area contributed by atoms with Gasteiger partial charge in [0.2, 0.25) is 0 Å². The molecule has 1 aliphatic heterocycles. The molecule has 0 saturated carbocycles. The van der Waals surface area contributed by atoms with Gasteiger partial charge in [-0.3, -0.25) is 4.90 Å². The van der Waals surface area contributed by atoms with Gasteiger partial charge in [0.05, 0.1) is 13.2 Å². The molecule has 1 aliphatic rings. The zero-order valence-electron chi connectivity index (χ0n) is 16.1. The van der Waals surface area contributed by atoms with E-state index in [2.05, 4.69) is 56.8 Å². The van der Waals surface area contributed by atoms with Gasteiger partial charge in [0.25, 0.3) is 0 Å². The second-order valence-corrected chi connectivity index (χ2v) is 6.98. The number of aryl methyl sites for hydroxylation is 1. The van der Waals surface area contributed by atoms with Crippen molar-refractivity contribution in [3.05, 3.63) is 71.5 Å². The second-order valence-electron chi connectivity index (χ2n) is 6.98. The van der Waals surface area contributed by atoms with Crippen LogP contribution in [-0.4, -0.2) is 51.4 Å². The first kappa shape index (κ1) is 18.6. The van der Waals surface area contributed by atoms with E-state index in [1.807, 2.05) is 25.2 Å². The van der Waals surface area contributed by atoms with Gasteiger partial charge in [0, 0.05) is 33.1 Å². The molecule has 2 heterocycles. The number of hydrogen-bond donors (Lipinski definition) is 0. The molecule has 0 radical (unpaired) electrons. The van der Waals surface area contributed by atoms with Crippen molar-refractivity contribution >= 4 is 0 Å². The molecule has 7 nitrogen and oxygen atoms in total. The van der Waals surface area contributed by atoms with Crippen LogP contribution < -0.4 is 4.74 Å². The predicted molar refractivity (Wildman–Crippen MR) is 105 cm³/mol. The highest BCUT2D eigenvalue weighted by Crippen LogP contribution is 2.21. The molecule has 28 heavy (non-hydrogen) atoms. The fourth-order valence-corrected chi connectivity index (χ4v) is 3.39. The minimum atomic E-state index is -0.0886. The normalized spacial score (nSPS) is 17.5. The first-order valence-corrected chi connectivity index (χ1v) is 9.60. The third-order valence-corrected chi connectivity index (χ3v) is 4.92. The van der Waals surface area contributed by atoms with Crippen LogP contribution in [0.4, 0.5) is 0 Å². The Labute approximate surface area is 164 Å². The van der Waals surface area contributed by atoms with Crippen molar-refractivity contribution in [2.24, 2.45) is 7.05 Å². The number of aromatic nitrogens is 4. The van der Waals surface area contributed by atoms with Crippen LogP contribution in [0.5, 0.6) is 5.75 Å². The predicted octanol–water partition coefficient (Wildman–Crippen LogP) is 2.41. The van der Waals surface area contributed by atoms with Gasteiger partial charge >= 0.3 is 0 Å². The van der Waals surface area contributed by atoms with Crippen LogP contribution >= 0.6 is 0 Å². The Kier molecular flexibility index (Phi) is 5.94. The van der Waals surface area contributed by atoms with Gasteiger partial charge in [-0.05, 0) is 33.7 Å². The van der Waals surface area contributed by atoms with Gasteiger partial charge < -0.3 is 9.47 Å². The summed E-state index contributed by atoms with van der Waals surface area (Å²) < 4.78 is 13.4. The minimum Gasteiger partial charge on any atom is -0.493 e. The van der Waals surface area contributed by atoms with Crippen molar-refractivity contribution in [2.75, 3.05) is 26.3 Å². The Hall–Kier alpha value is -2.77. The van der Waals surface area contributed by atoms with Gasteiger partial charge in [-0.15, -0.1) is 5.10 Å². The van der Waals surface area contributed by atoms with E-state index in [1.165, 1.54) is 11.1 Å². The Morgan fingerprint density at radius 3 is 2.64 bits per heavy atom. The van der Waals surface area contributed by atoms with Gasteiger partial charge in [0.15, 0.2) is 5.82 Å². The van der Waals surface area contributed by atoms with Crippen molar-refractivity contribution in [3.63, 3.8) is 0 Å². The van der Waals surface area contributed by atoms with Crippen LogP contribution in [0.1, 0.15) is 23.1 Å². The van der Waals surface area contributed by atoms with E-state index < -0.39 is 0 Å². The standard InChI is InChI=1S/C21H25N5O2/c1-25-21(22-23-24-25)20-16-26(12-14-28-20)15-18-7-9-19(10-8-18)27-13-11-17-5-3-2-4-6-17/h2-10,20H,11-16H2,1H3. The lowest BCUT2D eigenvalue weighted by molar-refractivity contribution is -0.0388. The van der Waals surface area contributed by atoms with Crippen molar-refractivity contribution in [2.45, 2.75) is 19.1 Å². The maximum absolute atomic E-state index is 5.88. The fraction of sp³-hybridized carbons (Fsp3) is 0.381. The van der Waals surface area contributed by atoms with E-state index in [0.717, 1.165) is 37.6 Å². The second kappa shape index (κ2) is 8.95. The van der Waals surface area contributed by atoms with E-state index in [-0.39, 0.29) is 6.10 Å². The van der Waals surface area contributed by atoms with Crippen LogP contribution in [0, 0.1) is 0 Å².